The van der Waals surface area contributed by atoms with Gasteiger partial charge in [-0.15, -0.1) is 0 Å². The minimum Gasteiger partial charge on any atom is -0.494 e. The maximum Gasteiger partial charge on any atom is 0.273 e. The van der Waals surface area contributed by atoms with Crippen molar-refractivity contribution in [3.8, 4) is 5.75 Å². The number of carbonyl (C=O) groups excluding carboxylic acids is 2. The molecule has 1 aromatic heterocycles. The standard InChI is InChI=1S/C28H34N4O3/c1-6-35-23-15-11-10-14-21(23)18-31-25(33)22-16-24(27(2,3)4)30-32(22)19-28(31,5)26(34)29-17-20-12-8-7-9-13-20/h7-16H,6,17-19H2,1-5H3,(H,29,34)/t28-/m1/s1. The molecule has 4 rings (SSSR count). The number of rotatable bonds is 7. The molecule has 0 unspecified atom stereocenters. The van der Waals surface area contributed by atoms with Gasteiger partial charge in [-0.2, -0.15) is 5.10 Å². The molecule has 2 aromatic carbocycles. The van der Waals surface area contributed by atoms with E-state index in [9.17, 15) is 9.59 Å². The van der Waals surface area contributed by atoms with Gasteiger partial charge >= 0.3 is 0 Å². The summed E-state index contributed by atoms with van der Waals surface area (Å²) in [6.07, 6.45) is 0. The first kappa shape index (κ1) is 24.5. The Morgan fingerprint density at radius 1 is 1.11 bits per heavy atom. The van der Waals surface area contributed by atoms with E-state index in [2.05, 4.69) is 26.1 Å². The number of para-hydroxylation sites is 1. The van der Waals surface area contributed by atoms with Crippen LogP contribution >= 0.6 is 0 Å². The third-order valence-corrected chi connectivity index (χ3v) is 6.45. The van der Waals surface area contributed by atoms with Crippen LogP contribution in [0.3, 0.4) is 0 Å². The summed E-state index contributed by atoms with van der Waals surface area (Å²) in [5.74, 6) is 0.272. The van der Waals surface area contributed by atoms with Crippen LogP contribution in [0.25, 0.3) is 0 Å². The molecule has 0 spiro atoms. The predicted octanol–water partition coefficient (Wildman–Crippen LogP) is 4.31. The molecule has 0 bridgehead atoms. The lowest BCUT2D eigenvalue weighted by atomic mass is 9.91. The Bertz CT molecular complexity index is 1210. The van der Waals surface area contributed by atoms with E-state index in [1.165, 1.54) is 0 Å². The van der Waals surface area contributed by atoms with Gasteiger partial charge in [0.25, 0.3) is 5.91 Å². The molecule has 0 aliphatic carbocycles. The molecule has 0 fully saturated rings. The first-order chi connectivity index (χ1) is 16.6. The number of benzene rings is 2. The minimum absolute atomic E-state index is 0.219. The molecule has 35 heavy (non-hydrogen) atoms. The average Bonchev–Trinajstić information content (AvgIpc) is 3.26. The Morgan fingerprint density at radius 3 is 2.49 bits per heavy atom. The summed E-state index contributed by atoms with van der Waals surface area (Å²) >= 11 is 0. The number of aromatic nitrogens is 2. The van der Waals surface area contributed by atoms with Gasteiger partial charge in [-0.1, -0.05) is 69.3 Å². The van der Waals surface area contributed by atoms with Crippen molar-refractivity contribution in [1.82, 2.24) is 20.0 Å². The molecule has 7 heteroatoms. The smallest absolute Gasteiger partial charge is 0.273 e. The van der Waals surface area contributed by atoms with Gasteiger partial charge in [0.2, 0.25) is 5.91 Å². The minimum atomic E-state index is -1.14. The molecule has 0 saturated carbocycles. The highest BCUT2D eigenvalue weighted by Gasteiger charge is 2.48. The van der Waals surface area contributed by atoms with Crippen LogP contribution in [0.4, 0.5) is 0 Å². The fourth-order valence-electron chi connectivity index (χ4n) is 4.33. The molecule has 1 aliphatic rings. The third kappa shape index (κ3) is 4.94. The van der Waals surface area contributed by atoms with E-state index in [0.29, 0.717) is 24.6 Å². The molecule has 0 saturated heterocycles. The molecule has 1 N–H and O–H groups in total. The molecular formula is C28H34N4O3. The van der Waals surface area contributed by atoms with Crippen molar-refractivity contribution in [3.63, 3.8) is 0 Å². The van der Waals surface area contributed by atoms with Crippen molar-refractivity contribution in [2.75, 3.05) is 6.61 Å². The molecule has 0 radical (unpaired) electrons. The summed E-state index contributed by atoms with van der Waals surface area (Å²) in [7, 11) is 0. The van der Waals surface area contributed by atoms with E-state index in [1.54, 1.807) is 9.58 Å². The summed E-state index contributed by atoms with van der Waals surface area (Å²) in [5.41, 5.74) is 1.81. The second kappa shape index (κ2) is 9.56. The summed E-state index contributed by atoms with van der Waals surface area (Å²) < 4.78 is 7.50. The van der Waals surface area contributed by atoms with E-state index in [4.69, 9.17) is 9.84 Å². The third-order valence-electron chi connectivity index (χ3n) is 6.45. The van der Waals surface area contributed by atoms with Crippen molar-refractivity contribution in [1.29, 1.82) is 0 Å². The number of hydrogen-bond donors (Lipinski definition) is 1. The fourth-order valence-corrected chi connectivity index (χ4v) is 4.33. The lowest BCUT2D eigenvalue weighted by molar-refractivity contribution is -0.133. The predicted molar refractivity (Wildman–Crippen MR) is 135 cm³/mol. The van der Waals surface area contributed by atoms with E-state index in [1.807, 2.05) is 74.5 Å². The Hall–Kier alpha value is -3.61. The Morgan fingerprint density at radius 2 is 1.80 bits per heavy atom. The van der Waals surface area contributed by atoms with Crippen LogP contribution in [0.2, 0.25) is 0 Å². The topological polar surface area (TPSA) is 76.5 Å². The van der Waals surface area contributed by atoms with Gasteiger partial charge in [0.05, 0.1) is 25.4 Å². The average molecular weight is 475 g/mol. The molecule has 3 aromatic rings. The van der Waals surface area contributed by atoms with Gasteiger partial charge in [-0.25, -0.2) is 0 Å². The molecule has 2 heterocycles. The highest BCUT2D eigenvalue weighted by atomic mass is 16.5. The van der Waals surface area contributed by atoms with E-state index >= 15 is 0 Å². The zero-order valence-corrected chi connectivity index (χ0v) is 21.2. The maximum absolute atomic E-state index is 13.9. The van der Waals surface area contributed by atoms with Gasteiger partial charge < -0.3 is 15.0 Å². The summed E-state index contributed by atoms with van der Waals surface area (Å²) in [5, 5.41) is 7.77. The number of carbonyl (C=O) groups is 2. The Labute approximate surface area is 207 Å². The van der Waals surface area contributed by atoms with E-state index in [0.717, 1.165) is 16.8 Å². The van der Waals surface area contributed by atoms with Gasteiger partial charge in [0.15, 0.2) is 0 Å². The summed E-state index contributed by atoms with van der Waals surface area (Å²) in [6.45, 7) is 11.3. The van der Waals surface area contributed by atoms with E-state index in [-0.39, 0.29) is 30.3 Å². The summed E-state index contributed by atoms with van der Waals surface area (Å²) in [6, 6.07) is 19.3. The second-order valence-electron chi connectivity index (χ2n) is 10.2. The number of nitrogens with one attached hydrogen (secondary N) is 1. The monoisotopic (exact) mass is 474 g/mol. The molecule has 1 aliphatic heterocycles. The first-order valence-electron chi connectivity index (χ1n) is 12.1. The largest absolute Gasteiger partial charge is 0.494 e. The number of hydrogen-bond acceptors (Lipinski definition) is 4. The quantitative estimate of drug-likeness (QED) is 0.554. The lowest BCUT2D eigenvalue weighted by Crippen LogP contribution is -2.63. The molecule has 2 amide bonds. The number of fused-ring (bicyclic) bond motifs is 1. The van der Waals surface area contributed by atoms with Gasteiger partial charge in [0, 0.05) is 17.5 Å². The van der Waals surface area contributed by atoms with Crippen molar-refractivity contribution in [2.45, 2.75) is 65.2 Å². The van der Waals surface area contributed by atoms with Crippen LogP contribution in [0, 0.1) is 0 Å². The van der Waals surface area contributed by atoms with Gasteiger partial charge in [0.1, 0.15) is 17.0 Å². The zero-order chi connectivity index (χ0) is 25.2. The van der Waals surface area contributed by atoms with Crippen LogP contribution in [-0.4, -0.2) is 38.6 Å². The Kier molecular flexibility index (Phi) is 6.70. The highest BCUT2D eigenvalue weighted by Crippen LogP contribution is 2.33. The SMILES string of the molecule is CCOc1ccccc1CN1C(=O)c2cc(C(C)(C)C)nn2C[C@]1(C)C(=O)NCc1ccccc1. The van der Waals surface area contributed by atoms with Crippen molar-refractivity contribution in [2.24, 2.45) is 0 Å². The maximum atomic E-state index is 13.9. The normalized spacial score (nSPS) is 17.7. The van der Waals surface area contributed by atoms with Gasteiger partial charge in [-0.3, -0.25) is 14.3 Å². The highest BCUT2D eigenvalue weighted by molar-refractivity contribution is 5.99. The van der Waals surface area contributed by atoms with Crippen molar-refractivity contribution in [3.05, 3.63) is 83.2 Å². The molecular weight excluding hydrogens is 440 g/mol. The molecule has 1 atom stereocenters. The van der Waals surface area contributed by atoms with Crippen LogP contribution in [0.5, 0.6) is 5.75 Å². The van der Waals surface area contributed by atoms with Crippen molar-refractivity contribution < 1.29 is 14.3 Å². The van der Waals surface area contributed by atoms with Crippen LogP contribution in [-0.2, 0) is 29.8 Å². The fraction of sp³-hybridized carbons (Fsp3) is 0.393. The molecule has 7 nitrogen and oxygen atoms in total. The van der Waals surface area contributed by atoms with Crippen LogP contribution in [0.1, 0.15) is 61.9 Å². The van der Waals surface area contributed by atoms with E-state index < -0.39 is 5.54 Å². The number of amides is 2. The van der Waals surface area contributed by atoms with Gasteiger partial charge in [-0.05, 0) is 31.5 Å². The summed E-state index contributed by atoms with van der Waals surface area (Å²) in [4.78, 5) is 29.2. The second-order valence-corrected chi connectivity index (χ2v) is 10.2. The molecule has 184 valence electrons. The number of ether oxygens (including phenoxy) is 1. The zero-order valence-electron chi connectivity index (χ0n) is 21.2. The van der Waals surface area contributed by atoms with Crippen LogP contribution < -0.4 is 10.1 Å². The number of nitrogens with zero attached hydrogens (tertiary/aromatic N) is 3. The Balaban J connectivity index is 1.71. The lowest BCUT2D eigenvalue weighted by Gasteiger charge is -2.43. The first-order valence-corrected chi connectivity index (χ1v) is 12.1. The van der Waals surface area contributed by atoms with Crippen molar-refractivity contribution >= 4 is 11.8 Å². The van der Waals surface area contributed by atoms with Crippen LogP contribution in [0.15, 0.2) is 60.7 Å².